The Bertz CT molecular complexity index is 1070. The average molecular weight is 585 g/mol. The number of ether oxygens (including phenoxy) is 2. The predicted octanol–water partition coefficient (Wildman–Crippen LogP) is 3.03. The molecule has 0 radical (unpaired) electrons. The van der Waals surface area contributed by atoms with Crippen LogP contribution in [0.25, 0.3) is 0 Å². The second-order valence-corrected chi connectivity index (χ2v) is 10.3. The summed E-state index contributed by atoms with van der Waals surface area (Å²) in [5, 5.41) is 5.00. The van der Waals surface area contributed by atoms with E-state index < -0.39 is 42.1 Å². The highest BCUT2D eigenvalue weighted by Gasteiger charge is 2.25. The van der Waals surface area contributed by atoms with Gasteiger partial charge < -0.3 is 20.1 Å². The molecular formula is C29H40N6O7. The van der Waals surface area contributed by atoms with Crippen molar-refractivity contribution in [2.45, 2.75) is 65.8 Å². The Balaban J connectivity index is 1.81. The van der Waals surface area contributed by atoms with E-state index in [4.69, 9.17) is 9.47 Å². The fraction of sp³-hybridized carbons (Fsp3) is 0.414. The summed E-state index contributed by atoms with van der Waals surface area (Å²) in [4.78, 5) is 62.1. The first-order chi connectivity index (χ1) is 20.0. The Labute approximate surface area is 245 Å². The molecule has 0 unspecified atom stereocenters. The van der Waals surface area contributed by atoms with Crippen LogP contribution in [0.3, 0.4) is 0 Å². The summed E-state index contributed by atoms with van der Waals surface area (Å²) < 4.78 is 10.4. The fourth-order valence-corrected chi connectivity index (χ4v) is 3.66. The van der Waals surface area contributed by atoms with Crippen molar-refractivity contribution in [3.63, 3.8) is 0 Å². The van der Waals surface area contributed by atoms with Crippen molar-refractivity contribution in [1.82, 2.24) is 32.3 Å². The molecule has 2 rings (SSSR count). The van der Waals surface area contributed by atoms with E-state index in [0.29, 0.717) is 0 Å². The van der Waals surface area contributed by atoms with E-state index in [2.05, 4.69) is 32.3 Å². The van der Waals surface area contributed by atoms with Gasteiger partial charge in [-0.3, -0.25) is 20.4 Å². The molecule has 0 aliphatic heterocycles. The molecule has 0 saturated carbocycles. The van der Waals surface area contributed by atoms with E-state index in [9.17, 15) is 24.0 Å². The normalized spacial score (nSPS) is 12.0. The number of carbonyl (C=O) groups is 5. The van der Waals surface area contributed by atoms with Crippen LogP contribution in [0.5, 0.6) is 0 Å². The Hall–Kier alpha value is -4.81. The molecule has 6 N–H and O–H groups in total. The number of benzene rings is 2. The lowest BCUT2D eigenvalue weighted by Gasteiger charge is -2.21. The maximum absolute atomic E-state index is 12.7. The third kappa shape index (κ3) is 13.5. The molecule has 2 atom stereocenters. The molecule has 6 amide bonds. The van der Waals surface area contributed by atoms with Gasteiger partial charge in [0.1, 0.15) is 25.3 Å². The van der Waals surface area contributed by atoms with E-state index in [1.165, 1.54) is 0 Å². The smallest absolute Gasteiger partial charge is 0.408 e. The average Bonchev–Trinajstić information content (AvgIpc) is 2.96. The molecule has 228 valence electrons. The minimum absolute atomic E-state index is 0.0282. The van der Waals surface area contributed by atoms with Gasteiger partial charge in [-0.2, -0.15) is 0 Å². The number of alkyl carbamates (subject to hydrolysis) is 2. The molecule has 2 aromatic carbocycles. The van der Waals surface area contributed by atoms with Crippen LogP contribution in [-0.2, 0) is 32.3 Å². The number of nitrogens with one attached hydrogen (secondary N) is 6. The van der Waals surface area contributed by atoms with Gasteiger partial charge in [-0.15, -0.1) is 0 Å². The molecule has 2 aromatic rings. The molecule has 0 aromatic heterocycles. The fourth-order valence-electron chi connectivity index (χ4n) is 3.66. The number of hydrogen-bond donors (Lipinski definition) is 6. The monoisotopic (exact) mass is 584 g/mol. The van der Waals surface area contributed by atoms with Crippen LogP contribution in [0.4, 0.5) is 14.4 Å². The molecular weight excluding hydrogens is 544 g/mol. The quantitative estimate of drug-likeness (QED) is 0.208. The Kier molecular flexibility index (Phi) is 14.1. The van der Waals surface area contributed by atoms with Gasteiger partial charge in [-0.05, 0) is 35.8 Å². The molecule has 0 fully saturated rings. The van der Waals surface area contributed by atoms with Crippen LogP contribution in [0, 0.1) is 11.8 Å². The highest BCUT2D eigenvalue weighted by molar-refractivity contribution is 5.89. The summed E-state index contributed by atoms with van der Waals surface area (Å²) in [5.74, 6) is -1.31. The molecule has 13 heteroatoms. The first-order valence-electron chi connectivity index (χ1n) is 13.6. The van der Waals surface area contributed by atoms with Gasteiger partial charge in [0, 0.05) is 0 Å². The molecule has 0 heterocycles. The highest BCUT2D eigenvalue weighted by atomic mass is 16.6. The Morgan fingerprint density at radius 1 is 0.571 bits per heavy atom. The molecule has 0 bridgehead atoms. The largest absolute Gasteiger partial charge is 0.445 e. The van der Waals surface area contributed by atoms with E-state index >= 15 is 0 Å². The number of hydrogen-bond acceptors (Lipinski definition) is 7. The molecule has 13 nitrogen and oxygen atoms in total. The van der Waals surface area contributed by atoms with Crippen molar-refractivity contribution in [3.8, 4) is 0 Å². The van der Waals surface area contributed by atoms with Crippen LogP contribution >= 0.6 is 0 Å². The summed E-state index contributed by atoms with van der Waals surface area (Å²) in [6.45, 7) is 7.52. The van der Waals surface area contributed by atoms with Crippen molar-refractivity contribution >= 4 is 30.0 Å². The lowest BCUT2D eigenvalue weighted by atomic mass is 10.0. The molecule has 0 aliphatic rings. The first kappa shape index (κ1) is 33.4. The van der Waals surface area contributed by atoms with Crippen molar-refractivity contribution < 1.29 is 33.4 Å². The topological polar surface area (TPSA) is 176 Å². The third-order valence-electron chi connectivity index (χ3n) is 5.66. The van der Waals surface area contributed by atoms with Crippen LogP contribution in [0.15, 0.2) is 60.7 Å². The van der Waals surface area contributed by atoms with Crippen molar-refractivity contribution in [2.75, 3.05) is 0 Å². The third-order valence-corrected chi connectivity index (χ3v) is 5.66. The molecule has 0 saturated heterocycles. The second kappa shape index (κ2) is 17.8. The Morgan fingerprint density at radius 2 is 0.929 bits per heavy atom. The zero-order valence-electron chi connectivity index (χ0n) is 24.3. The minimum Gasteiger partial charge on any atom is -0.445 e. The van der Waals surface area contributed by atoms with Crippen LogP contribution in [-0.4, -0.2) is 42.1 Å². The minimum atomic E-state index is -0.996. The van der Waals surface area contributed by atoms with Gasteiger partial charge in [0.15, 0.2) is 0 Å². The summed E-state index contributed by atoms with van der Waals surface area (Å²) in [5.41, 5.74) is 10.2. The van der Waals surface area contributed by atoms with Crippen LogP contribution in [0.1, 0.15) is 51.7 Å². The Morgan fingerprint density at radius 3 is 1.26 bits per heavy atom. The van der Waals surface area contributed by atoms with E-state index in [1.807, 2.05) is 64.1 Å². The van der Waals surface area contributed by atoms with Crippen LogP contribution < -0.4 is 32.3 Å². The summed E-state index contributed by atoms with van der Waals surface area (Å²) in [7, 11) is 0. The lowest BCUT2D eigenvalue weighted by molar-refractivity contribution is -0.124. The number of urea groups is 1. The van der Waals surface area contributed by atoms with Crippen molar-refractivity contribution in [2.24, 2.45) is 11.8 Å². The number of rotatable bonds is 12. The summed E-state index contributed by atoms with van der Waals surface area (Å²) in [6, 6.07) is 15.2. The molecule has 0 spiro atoms. The number of amides is 6. The van der Waals surface area contributed by atoms with Gasteiger partial charge >= 0.3 is 18.2 Å². The predicted molar refractivity (Wildman–Crippen MR) is 154 cm³/mol. The highest BCUT2D eigenvalue weighted by Crippen LogP contribution is 2.08. The lowest BCUT2D eigenvalue weighted by Crippen LogP contribution is -2.58. The zero-order valence-corrected chi connectivity index (χ0v) is 24.3. The van der Waals surface area contributed by atoms with Gasteiger partial charge in [-0.1, -0.05) is 88.4 Å². The van der Waals surface area contributed by atoms with Crippen LogP contribution in [0.2, 0.25) is 0 Å². The van der Waals surface area contributed by atoms with Gasteiger partial charge in [0.05, 0.1) is 0 Å². The standard InChI is InChI=1S/C29H40N6O7/c1-19(2)15-23(30-28(39)41-17-21-11-7-5-8-12-21)25(36)32-34-27(38)35-33-26(37)24(16-20(3)4)31-29(40)42-18-22-13-9-6-10-14-22/h5-14,19-20,23-24H,15-18H2,1-4H3,(H,30,39)(H,31,40)(H,32,36)(H,33,37)(H2,34,35,38)/t23-,24-/m1/s1. The number of carbonyl (C=O) groups excluding carboxylic acids is 5. The maximum Gasteiger partial charge on any atom is 0.408 e. The summed E-state index contributed by atoms with van der Waals surface area (Å²) >= 11 is 0. The number of hydrazine groups is 2. The molecule has 42 heavy (non-hydrogen) atoms. The van der Waals surface area contributed by atoms with E-state index in [1.54, 1.807) is 24.3 Å². The SMILES string of the molecule is CC(C)C[C@@H](NC(=O)OCc1ccccc1)C(=O)NNC(=O)NNC(=O)[C@@H](CC(C)C)NC(=O)OCc1ccccc1. The van der Waals surface area contributed by atoms with Crippen molar-refractivity contribution in [1.29, 1.82) is 0 Å². The van der Waals surface area contributed by atoms with Gasteiger partial charge in [-0.25, -0.2) is 25.2 Å². The van der Waals surface area contributed by atoms with Gasteiger partial charge in [0.25, 0.3) is 11.8 Å². The summed E-state index contributed by atoms with van der Waals surface area (Å²) in [6.07, 6.45) is -1.03. The second-order valence-electron chi connectivity index (χ2n) is 10.3. The van der Waals surface area contributed by atoms with Crippen molar-refractivity contribution in [3.05, 3.63) is 71.8 Å². The maximum atomic E-state index is 12.7. The zero-order chi connectivity index (χ0) is 30.9. The molecule has 0 aliphatic carbocycles. The first-order valence-corrected chi connectivity index (χ1v) is 13.6. The van der Waals surface area contributed by atoms with E-state index in [-0.39, 0.29) is 37.9 Å². The van der Waals surface area contributed by atoms with E-state index in [0.717, 1.165) is 11.1 Å². The van der Waals surface area contributed by atoms with Gasteiger partial charge in [0.2, 0.25) is 0 Å².